The van der Waals surface area contributed by atoms with Crippen molar-refractivity contribution in [3.8, 4) is 0 Å². The van der Waals surface area contributed by atoms with Gasteiger partial charge in [-0.25, -0.2) is 4.79 Å². The van der Waals surface area contributed by atoms with Crippen LogP contribution in [0.1, 0.15) is 34.6 Å². The van der Waals surface area contributed by atoms with Gasteiger partial charge < -0.3 is 24.8 Å². The highest BCUT2D eigenvalue weighted by molar-refractivity contribution is 5.87. The van der Waals surface area contributed by atoms with E-state index < -0.39 is 12.2 Å². The highest BCUT2D eigenvalue weighted by Crippen LogP contribution is 2.05. The van der Waals surface area contributed by atoms with E-state index in [0.717, 1.165) is 0 Å². The Morgan fingerprint density at radius 3 is 2.41 bits per heavy atom. The smallest absolute Gasteiger partial charge is 0.408 e. The first-order valence-corrected chi connectivity index (χ1v) is 7.36. The molecule has 1 saturated heterocycles. The van der Waals surface area contributed by atoms with Gasteiger partial charge in [-0.15, -0.1) is 0 Å². The Morgan fingerprint density at radius 1 is 1.27 bits per heavy atom. The summed E-state index contributed by atoms with van der Waals surface area (Å²) in [5, 5.41) is 5.43. The molecule has 1 atom stereocenters. The molecule has 0 spiro atoms. The molecule has 0 aromatic heterocycles. The van der Waals surface area contributed by atoms with Gasteiger partial charge in [-0.05, 0) is 40.7 Å². The van der Waals surface area contributed by atoms with E-state index in [1.54, 1.807) is 13.8 Å². The van der Waals surface area contributed by atoms with Crippen molar-refractivity contribution in [1.29, 1.82) is 0 Å². The Hall–Kier alpha value is -1.60. The van der Waals surface area contributed by atoms with Crippen molar-refractivity contribution in [3.05, 3.63) is 12.2 Å². The SMILES string of the molecule is CC(C=CC(=O)NC1COC(C)OC1)OC(=O)NC(C)(C)C. The Balaban J connectivity index is 2.30. The molecule has 0 radical (unpaired) electrons. The van der Waals surface area contributed by atoms with E-state index in [4.69, 9.17) is 14.2 Å². The Labute approximate surface area is 131 Å². The minimum atomic E-state index is -0.520. The molecule has 0 aliphatic carbocycles. The molecule has 2 amide bonds. The quantitative estimate of drug-likeness (QED) is 0.765. The zero-order valence-electron chi connectivity index (χ0n) is 13.8. The zero-order chi connectivity index (χ0) is 16.8. The molecule has 1 unspecified atom stereocenters. The summed E-state index contributed by atoms with van der Waals surface area (Å²) in [4.78, 5) is 23.3. The van der Waals surface area contributed by atoms with Gasteiger partial charge in [0, 0.05) is 11.6 Å². The van der Waals surface area contributed by atoms with Gasteiger partial charge in [0.05, 0.1) is 19.3 Å². The van der Waals surface area contributed by atoms with Gasteiger partial charge in [0.15, 0.2) is 6.29 Å². The number of nitrogens with one attached hydrogen (secondary N) is 2. The van der Waals surface area contributed by atoms with Gasteiger partial charge in [0.2, 0.25) is 5.91 Å². The number of alkyl carbamates (subject to hydrolysis) is 1. The topological polar surface area (TPSA) is 85.9 Å². The third kappa shape index (κ3) is 7.99. The molecule has 1 rings (SSSR count). The van der Waals surface area contributed by atoms with Gasteiger partial charge in [0.25, 0.3) is 0 Å². The third-order valence-electron chi connectivity index (χ3n) is 2.70. The summed E-state index contributed by atoms with van der Waals surface area (Å²) in [5.74, 6) is -0.279. The molecular weight excluding hydrogens is 288 g/mol. The first-order valence-electron chi connectivity index (χ1n) is 7.36. The van der Waals surface area contributed by atoms with Crippen molar-refractivity contribution in [1.82, 2.24) is 10.6 Å². The normalized spacial score (nSPS) is 23.9. The molecule has 0 aromatic carbocycles. The van der Waals surface area contributed by atoms with E-state index in [1.165, 1.54) is 12.2 Å². The van der Waals surface area contributed by atoms with Gasteiger partial charge >= 0.3 is 6.09 Å². The number of ether oxygens (including phenoxy) is 3. The molecule has 0 aromatic rings. The number of hydrogen-bond acceptors (Lipinski definition) is 5. The van der Waals surface area contributed by atoms with E-state index >= 15 is 0 Å². The van der Waals surface area contributed by atoms with Crippen LogP contribution in [0.2, 0.25) is 0 Å². The van der Waals surface area contributed by atoms with E-state index in [9.17, 15) is 9.59 Å². The highest BCUT2D eigenvalue weighted by atomic mass is 16.7. The maximum atomic E-state index is 11.7. The van der Waals surface area contributed by atoms with Crippen LogP contribution in [-0.2, 0) is 19.0 Å². The van der Waals surface area contributed by atoms with Crippen LogP contribution in [-0.4, -0.2) is 49.2 Å². The molecule has 0 bridgehead atoms. The summed E-state index contributed by atoms with van der Waals surface area (Å²) in [6.07, 6.45) is 1.59. The molecule has 7 heteroatoms. The van der Waals surface area contributed by atoms with E-state index in [0.29, 0.717) is 13.2 Å². The zero-order valence-corrected chi connectivity index (χ0v) is 13.8. The Bertz CT molecular complexity index is 409. The molecule has 126 valence electrons. The van der Waals surface area contributed by atoms with Crippen molar-refractivity contribution in [2.45, 2.75) is 58.6 Å². The minimum absolute atomic E-state index is 0.172. The van der Waals surface area contributed by atoms with E-state index in [1.807, 2.05) is 20.8 Å². The predicted molar refractivity (Wildman–Crippen MR) is 81.3 cm³/mol. The first kappa shape index (κ1) is 18.4. The fraction of sp³-hybridized carbons (Fsp3) is 0.733. The van der Waals surface area contributed by atoms with Crippen LogP contribution >= 0.6 is 0 Å². The standard InChI is InChI=1S/C15H26N2O5/c1-10(22-14(19)17-15(3,4)5)6-7-13(18)16-12-8-20-11(2)21-9-12/h6-7,10-12H,8-9H2,1-5H3,(H,16,18)(H,17,19). The second-order valence-corrected chi connectivity index (χ2v) is 6.28. The second-order valence-electron chi connectivity index (χ2n) is 6.28. The minimum Gasteiger partial charge on any atom is -0.442 e. The summed E-state index contributed by atoms with van der Waals surface area (Å²) in [7, 11) is 0. The average Bonchev–Trinajstić information content (AvgIpc) is 2.37. The van der Waals surface area contributed by atoms with Crippen LogP contribution in [0.4, 0.5) is 4.79 Å². The van der Waals surface area contributed by atoms with Crippen molar-refractivity contribution < 1.29 is 23.8 Å². The summed E-state index contributed by atoms with van der Waals surface area (Å²) >= 11 is 0. The van der Waals surface area contributed by atoms with Crippen LogP contribution in [0.25, 0.3) is 0 Å². The number of amides is 2. The molecule has 22 heavy (non-hydrogen) atoms. The summed E-state index contributed by atoms with van der Waals surface area (Å²) in [6.45, 7) is 9.90. The van der Waals surface area contributed by atoms with Crippen LogP contribution in [0.15, 0.2) is 12.2 Å². The maximum Gasteiger partial charge on any atom is 0.408 e. The molecule has 7 nitrogen and oxygen atoms in total. The van der Waals surface area contributed by atoms with Gasteiger partial charge in [-0.3, -0.25) is 4.79 Å². The fourth-order valence-corrected chi connectivity index (χ4v) is 1.70. The lowest BCUT2D eigenvalue weighted by Crippen LogP contribution is -2.46. The molecule has 1 fully saturated rings. The predicted octanol–water partition coefficient (Wildman–Crippen LogP) is 1.33. The monoisotopic (exact) mass is 314 g/mol. The molecule has 1 heterocycles. The van der Waals surface area contributed by atoms with Crippen LogP contribution in [0, 0.1) is 0 Å². The second kappa shape index (κ2) is 8.14. The largest absolute Gasteiger partial charge is 0.442 e. The van der Waals surface area contributed by atoms with Crippen molar-refractivity contribution in [3.63, 3.8) is 0 Å². The summed E-state index contributed by atoms with van der Waals surface area (Å²) < 4.78 is 15.7. The van der Waals surface area contributed by atoms with Gasteiger partial charge in [-0.2, -0.15) is 0 Å². The Kier molecular flexibility index (Phi) is 6.83. The van der Waals surface area contributed by atoms with Crippen LogP contribution < -0.4 is 10.6 Å². The van der Waals surface area contributed by atoms with Crippen LogP contribution in [0.5, 0.6) is 0 Å². The lowest BCUT2D eigenvalue weighted by Gasteiger charge is -2.27. The number of carbonyl (C=O) groups excluding carboxylic acids is 2. The lowest BCUT2D eigenvalue weighted by molar-refractivity contribution is -0.180. The molecular formula is C15H26N2O5. The number of carbonyl (C=O) groups is 2. The third-order valence-corrected chi connectivity index (χ3v) is 2.70. The van der Waals surface area contributed by atoms with Crippen molar-refractivity contribution in [2.24, 2.45) is 0 Å². The van der Waals surface area contributed by atoms with E-state index in [-0.39, 0.29) is 23.8 Å². The van der Waals surface area contributed by atoms with Crippen molar-refractivity contribution >= 4 is 12.0 Å². The van der Waals surface area contributed by atoms with Gasteiger partial charge in [0.1, 0.15) is 6.10 Å². The summed E-state index contributed by atoms with van der Waals surface area (Å²) in [6, 6.07) is -0.172. The molecule has 0 saturated carbocycles. The number of hydrogen-bond donors (Lipinski definition) is 2. The fourth-order valence-electron chi connectivity index (χ4n) is 1.70. The average molecular weight is 314 g/mol. The maximum absolute atomic E-state index is 11.7. The molecule has 1 aliphatic rings. The van der Waals surface area contributed by atoms with E-state index in [2.05, 4.69) is 10.6 Å². The Morgan fingerprint density at radius 2 is 1.86 bits per heavy atom. The highest BCUT2D eigenvalue weighted by Gasteiger charge is 2.20. The summed E-state index contributed by atoms with van der Waals surface area (Å²) in [5.41, 5.74) is -0.365. The molecule has 1 aliphatic heterocycles. The van der Waals surface area contributed by atoms with Gasteiger partial charge in [-0.1, -0.05) is 0 Å². The lowest BCUT2D eigenvalue weighted by atomic mass is 10.1. The first-order chi connectivity index (χ1) is 10.2. The number of rotatable bonds is 4. The van der Waals surface area contributed by atoms with Crippen molar-refractivity contribution in [2.75, 3.05) is 13.2 Å². The van der Waals surface area contributed by atoms with Crippen LogP contribution in [0.3, 0.4) is 0 Å². The molecule has 2 N–H and O–H groups in total.